The first-order valence-corrected chi connectivity index (χ1v) is 13.4. The predicted molar refractivity (Wildman–Crippen MR) is 130 cm³/mol. The normalized spacial score (nSPS) is 24.5. The van der Waals surface area contributed by atoms with Crippen LogP contribution >= 0.6 is 0 Å². The monoisotopic (exact) mass is 462 g/mol. The lowest BCUT2D eigenvalue weighted by atomic mass is 10.1. The minimum atomic E-state index is -2.62. The third-order valence-electron chi connectivity index (χ3n) is 7.21. The van der Waals surface area contributed by atoms with Crippen molar-refractivity contribution in [1.82, 2.24) is 9.55 Å². The van der Waals surface area contributed by atoms with Crippen LogP contribution in [-0.4, -0.2) is 31.1 Å². The molecule has 1 saturated heterocycles. The summed E-state index contributed by atoms with van der Waals surface area (Å²) in [4.78, 5) is 26.2. The number of aromatic amines is 1. The molecule has 2 heterocycles. The molecule has 172 valence electrons. The number of ether oxygens (including phenoxy) is 1. The summed E-state index contributed by atoms with van der Waals surface area (Å²) in [6, 6.07) is 22.6. The Labute approximate surface area is 194 Å². The second-order valence-corrected chi connectivity index (χ2v) is 14.5. The highest BCUT2D eigenvalue weighted by Gasteiger charge is 2.66. The quantitative estimate of drug-likeness (QED) is 0.571. The van der Waals surface area contributed by atoms with E-state index in [-0.39, 0.29) is 16.9 Å². The number of nitrogens with zero attached hydrogens (tertiary/aromatic N) is 1. The molecular formula is C26H30N2O4Si. The van der Waals surface area contributed by atoms with Crippen LogP contribution < -0.4 is 21.6 Å². The van der Waals surface area contributed by atoms with Crippen LogP contribution in [0.3, 0.4) is 0 Å². The fourth-order valence-corrected chi connectivity index (χ4v) is 10.2. The predicted octanol–water partition coefficient (Wildman–Crippen LogP) is 2.43. The fraction of sp³-hybridized carbons (Fsp3) is 0.385. The first-order chi connectivity index (χ1) is 15.8. The topological polar surface area (TPSA) is 73.3 Å². The van der Waals surface area contributed by atoms with E-state index in [4.69, 9.17) is 9.16 Å². The van der Waals surface area contributed by atoms with Crippen molar-refractivity contribution >= 4 is 18.7 Å². The van der Waals surface area contributed by atoms with Crippen molar-refractivity contribution in [2.45, 2.75) is 38.0 Å². The SMILES string of the molecule is CC(C)(C)[Si](OC[C@H]1CO[C@]2(n3ccc(=O)[nH]c3=O)C[C@H]12)(c1ccccc1)c1ccccc1. The van der Waals surface area contributed by atoms with E-state index >= 15 is 0 Å². The highest BCUT2D eigenvalue weighted by molar-refractivity contribution is 6.99. The van der Waals surface area contributed by atoms with Gasteiger partial charge < -0.3 is 9.16 Å². The van der Waals surface area contributed by atoms with Crippen LogP contribution in [0.2, 0.25) is 5.04 Å². The first kappa shape index (κ1) is 22.1. The molecule has 0 bridgehead atoms. The van der Waals surface area contributed by atoms with Gasteiger partial charge in [0, 0.05) is 37.1 Å². The molecule has 0 spiro atoms. The third-order valence-corrected chi connectivity index (χ3v) is 12.2. The lowest BCUT2D eigenvalue weighted by Crippen LogP contribution is -2.67. The second-order valence-electron chi connectivity index (χ2n) is 10.2. The van der Waals surface area contributed by atoms with Crippen LogP contribution in [0.4, 0.5) is 0 Å². The van der Waals surface area contributed by atoms with E-state index in [0.717, 1.165) is 6.42 Å². The molecule has 1 N–H and O–H groups in total. The summed E-state index contributed by atoms with van der Waals surface area (Å²) in [6.45, 7) is 7.91. The maximum Gasteiger partial charge on any atom is 0.330 e. The summed E-state index contributed by atoms with van der Waals surface area (Å²) in [5.41, 5.74) is -1.46. The van der Waals surface area contributed by atoms with Crippen LogP contribution in [-0.2, 0) is 14.9 Å². The van der Waals surface area contributed by atoms with Gasteiger partial charge in [-0.1, -0.05) is 81.4 Å². The molecule has 1 saturated carbocycles. The summed E-state index contributed by atoms with van der Waals surface area (Å²) in [6.07, 6.45) is 2.31. The lowest BCUT2D eigenvalue weighted by molar-refractivity contribution is -0.00349. The zero-order valence-electron chi connectivity index (χ0n) is 19.3. The Kier molecular flexibility index (Phi) is 5.31. The van der Waals surface area contributed by atoms with Gasteiger partial charge in [0.15, 0.2) is 5.72 Å². The molecule has 0 amide bonds. The number of rotatable bonds is 6. The summed E-state index contributed by atoms with van der Waals surface area (Å²) in [7, 11) is -2.62. The van der Waals surface area contributed by atoms with Crippen LogP contribution in [0.5, 0.6) is 0 Å². The number of fused-ring (bicyclic) bond motifs is 1. The molecule has 5 rings (SSSR count). The number of benzene rings is 2. The molecule has 6 nitrogen and oxygen atoms in total. The Hall–Kier alpha value is -2.74. The zero-order chi connectivity index (χ0) is 23.3. The molecule has 2 aromatic carbocycles. The summed E-state index contributed by atoms with van der Waals surface area (Å²) >= 11 is 0. The van der Waals surface area contributed by atoms with Crippen LogP contribution in [0.1, 0.15) is 27.2 Å². The Morgan fingerprint density at radius 1 is 1.03 bits per heavy atom. The van der Waals surface area contributed by atoms with Crippen molar-refractivity contribution < 1.29 is 9.16 Å². The Morgan fingerprint density at radius 2 is 1.64 bits per heavy atom. The number of aromatic nitrogens is 2. The standard InChI is InChI=1S/C26H30N2O4Si/c1-25(2,3)33(20-10-6-4-7-11-20,21-12-8-5-9-13-21)32-18-19-17-31-26(16-22(19)26)28-15-14-23(29)27-24(28)30/h4-15,19,22H,16-18H2,1-3H3,(H,27,29,30)/t19-,22-,26-/m1/s1. The van der Waals surface area contributed by atoms with Crippen LogP contribution in [0, 0.1) is 11.8 Å². The molecule has 1 aliphatic carbocycles. The molecule has 3 atom stereocenters. The van der Waals surface area contributed by atoms with Gasteiger partial charge in [0.05, 0.1) is 6.61 Å². The fourth-order valence-electron chi connectivity index (χ4n) is 5.54. The van der Waals surface area contributed by atoms with E-state index in [1.54, 1.807) is 10.8 Å². The molecule has 7 heteroatoms. The maximum atomic E-state index is 12.4. The average molecular weight is 463 g/mol. The van der Waals surface area contributed by atoms with E-state index in [1.165, 1.54) is 16.4 Å². The summed E-state index contributed by atoms with van der Waals surface area (Å²) < 4.78 is 14.8. The number of hydrogen-bond donors (Lipinski definition) is 1. The Bertz CT molecular complexity index is 1210. The van der Waals surface area contributed by atoms with Crippen molar-refractivity contribution in [3.05, 3.63) is 93.8 Å². The van der Waals surface area contributed by atoms with Crippen molar-refractivity contribution in [3.63, 3.8) is 0 Å². The van der Waals surface area contributed by atoms with Crippen molar-refractivity contribution in [3.8, 4) is 0 Å². The van der Waals surface area contributed by atoms with Gasteiger partial charge in [-0.15, -0.1) is 0 Å². The molecule has 0 radical (unpaired) electrons. The second kappa shape index (κ2) is 7.94. The van der Waals surface area contributed by atoms with Crippen molar-refractivity contribution in [1.29, 1.82) is 0 Å². The number of nitrogens with one attached hydrogen (secondary N) is 1. The van der Waals surface area contributed by atoms with Crippen LogP contribution in [0.15, 0.2) is 82.5 Å². The van der Waals surface area contributed by atoms with Gasteiger partial charge in [0.1, 0.15) is 0 Å². The lowest BCUT2D eigenvalue weighted by Gasteiger charge is -2.43. The van der Waals surface area contributed by atoms with E-state index in [0.29, 0.717) is 13.2 Å². The van der Waals surface area contributed by atoms with Crippen LogP contribution in [0.25, 0.3) is 0 Å². The Balaban J connectivity index is 1.46. The minimum absolute atomic E-state index is 0.0916. The smallest absolute Gasteiger partial charge is 0.330 e. The number of hydrogen-bond acceptors (Lipinski definition) is 4. The molecule has 2 aliphatic rings. The maximum absolute atomic E-state index is 12.4. The first-order valence-electron chi connectivity index (χ1n) is 11.5. The van der Waals surface area contributed by atoms with Gasteiger partial charge in [-0.05, 0) is 15.4 Å². The van der Waals surface area contributed by atoms with Gasteiger partial charge in [-0.2, -0.15) is 0 Å². The molecule has 1 aromatic heterocycles. The minimum Gasteiger partial charge on any atom is -0.407 e. The Morgan fingerprint density at radius 3 is 2.15 bits per heavy atom. The molecule has 33 heavy (non-hydrogen) atoms. The largest absolute Gasteiger partial charge is 0.407 e. The molecule has 3 aromatic rings. The van der Waals surface area contributed by atoms with Gasteiger partial charge in [0.2, 0.25) is 0 Å². The van der Waals surface area contributed by atoms with Gasteiger partial charge in [-0.3, -0.25) is 14.3 Å². The average Bonchev–Trinajstić information content (AvgIpc) is 3.42. The highest BCUT2D eigenvalue weighted by Crippen LogP contribution is 2.59. The zero-order valence-corrected chi connectivity index (χ0v) is 20.3. The van der Waals surface area contributed by atoms with Gasteiger partial charge in [-0.25, -0.2) is 4.79 Å². The molecular weight excluding hydrogens is 432 g/mol. The molecule has 2 fully saturated rings. The van der Waals surface area contributed by atoms with E-state index in [1.807, 2.05) is 12.1 Å². The van der Waals surface area contributed by atoms with Gasteiger partial charge in [0.25, 0.3) is 13.9 Å². The van der Waals surface area contributed by atoms with E-state index < -0.39 is 25.3 Å². The van der Waals surface area contributed by atoms with E-state index in [9.17, 15) is 9.59 Å². The summed E-state index contributed by atoms with van der Waals surface area (Å²) in [5.74, 6) is 0.379. The molecule has 0 unspecified atom stereocenters. The van der Waals surface area contributed by atoms with Crippen molar-refractivity contribution in [2.75, 3.05) is 13.2 Å². The highest BCUT2D eigenvalue weighted by atomic mass is 28.4. The number of H-pyrrole nitrogens is 1. The van der Waals surface area contributed by atoms with Crippen molar-refractivity contribution in [2.24, 2.45) is 11.8 Å². The van der Waals surface area contributed by atoms with Gasteiger partial charge >= 0.3 is 5.69 Å². The summed E-state index contributed by atoms with van der Waals surface area (Å²) in [5, 5.41) is 2.41. The molecule has 1 aliphatic heterocycles. The van der Waals surface area contributed by atoms with E-state index in [2.05, 4.69) is 74.3 Å². The third kappa shape index (κ3) is 3.55.